The molecule has 4 nitrogen and oxygen atoms in total. The minimum absolute atomic E-state index is 0.108. The minimum atomic E-state index is -0.230. The van der Waals surface area contributed by atoms with E-state index in [0.29, 0.717) is 6.42 Å². The molecule has 0 bridgehead atoms. The Labute approximate surface area is 113 Å². The molecule has 1 fully saturated rings. The van der Waals surface area contributed by atoms with E-state index in [4.69, 9.17) is 0 Å². The molecule has 0 radical (unpaired) electrons. The third-order valence-electron chi connectivity index (χ3n) is 3.42. The van der Waals surface area contributed by atoms with Crippen LogP contribution in [-0.2, 0) is 9.59 Å². The van der Waals surface area contributed by atoms with Gasteiger partial charge in [-0.25, -0.2) is 0 Å². The molecule has 1 N–H and O–H groups in total. The maximum atomic E-state index is 12.2. The summed E-state index contributed by atoms with van der Waals surface area (Å²) in [5.41, 5.74) is 0.977. The van der Waals surface area contributed by atoms with Crippen LogP contribution in [0, 0.1) is 0 Å². The molecule has 0 aromatic heterocycles. The number of carbonyl (C=O) groups excluding carboxylic acids is 2. The summed E-state index contributed by atoms with van der Waals surface area (Å²) in [5.74, 6) is 0.0168. The van der Waals surface area contributed by atoms with Crippen LogP contribution in [0.5, 0.6) is 0 Å². The lowest BCUT2D eigenvalue weighted by molar-refractivity contribution is -0.131. The number of benzene rings is 1. The molecule has 0 aliphatic carbocycles. The number of hydrogen-bond acceptors (Lipinski definition) is 2. The molecule has 1 aromatic rings. The van der Waals surface area contributed by atoms with E-state index in [9.17, 15) is 9.59 Å². The molecule has 1 heterocycles. The fraction of sp³-hybridized carbons (Fsp3) is 0.467. The van der Waals surface area contributed by atoms with Crippen molar-refractivity contribution in [3.8, 4) is 0 Å². The van der Waals surface area contributed by atoms with Crippen LogP contribution in [0.1, 0.15) is 37.8 Å². The Morgan fingerprint density at radius 2 is 1.84 bits per heavy atom. The van der Waals surface area contributed by atoms with E-state index in [-0.39, 0.29) is 17.9 Å². The van der Waals surface area contributed by atoms with Gasteiger partial charge in [-0.2, -0.15) is 0 Å². The van der Waals surface area contributed by atoms with Crippen LogP contribution in [0.3, 0.4) is 0 Å². The zero-order valence-corrected chi connectivity index (χ0v) is 11.3. The number of nitrogens with zero attached hydrogens (tertiary/aromatic N) is 1. The highest BCUT2D eigenvalue weighted by molar-refractivity contribution is 5.79. The van der Waals surface area contributed by atoms with E-state index in [1.54, 1.807) is 0 Å². The lowest BCUT2D eigenvalue weighted by Crippen LogP contribution is -2.34. The van der Waals surface area contributed by atoms with Crippen molar-refractivity contribution in [2.24, 2.45) is 0 Å². The molecule has 2 amide bonds. The molecular formula is C15H20N2O2. The van der Waals surface area contributed by atoms with Gasteiger partial charge in [0, 0.05) is 20.0 Å². The Hall–Kier alpha value is -1.84. The zero-order valence-electron chi connectivity index (χ0n) is 11.3. The molecule has 2 rings (SSSR count). The molecule has 0 spiro atoms. The maximum absolute atomic E-state index is 12.2. The van der Waals surface area contributed by atoms with Crippen LogP contribution in [0.2, 0.25) is 0 Å². The number of rotatable bonds is 4. The number of hydrogen-bond donors (Lipinski definition) is 1. The summed E-state index contributed by atoms with van der Waals surface area (Å²) in [5, 5.41) is 2.86. The predicted octanol–water partition coefficient (Wildman–Crippen LogP) is 1.88. The van der Waals surface area contributed by atoms with Crippen LogP contribution >= 0.6 is 0 Å². The molecular weight excluding hydrogens is 240 g/mol. The van der Waals surface area contributed by atoms with Gasteiger partial charge in [-0.05, 0) is 18.4 Å². The average molecular weight is 260 g/mol. The number of nitrogens with one attached hydrogen (secondary N) is 1. The average Bonchev–Trinajstić information content (AvgIpc) is 2.92. The lowest BCUT2D eigenvalue weighted by Gasteiger charge is -2.22. The second-order valence-corrected chi connectivity index (χ2v) is 4.96. The first kappa shape index (κ1) is 13.6. The Kier molecular flexibility index (Phi) is 4.55. The van der Waals surface area contributed by atoms with Gasteiger partial charge in [-0.1, -0.05) is 30.3 Å². The Balaban J connectivity index is 2.05. The second kappa shape index (κ2) is 6.36. The van der Waals surface area contributed by atoms with Gasteiger partial charge in [0.05, 0.1) is 12.5 Å². The third-order valence-corrected chi connectivity index (χ3v) is 3.42. The lowest BCUT2D eigenvalue weighted by atomic mass is 10.0. The van der Waals surface area contributed by atoms with Crippen molar-refractivity contribution in [3.05, 3.63) is 35.9 Å². The predicted molar refractivity (Wildman–Crippen MR) is 73.4 cm³/mol. The summed E-state index contributed by atoms with van der Waals surface area (Å²) in [6.07, 6.45) is 2.51. The van der Waals surface area contributed by atoms with Crippen molar-refractivity contribution < 1.29 is 9.59 Å². The summed E-state index contributed by atoms with van der Waals surface area (Å²) in [7, 11) is 0. The largest absolute Gasteiger partial charge is 0.349 e. The van der Waals surface area contributed by atoms with Gasteiger partial charge in [-0.3, -0.25) is 9.59 Å². The van der Waals surface area contributed by atoms with Gasteiger partial charge in [0.25, 0.3) is 0 Å². The summed E-state index contributed by atoms with van der Waals surface area (Å²) in [6, 6.07) is 9.42. The Morgan fingerprint density at radius 3 is 2.42 bits per heavy atom. The van der Waals surface area contributed by atoms with Crippen molar-refractivity contribution >= 4 is 11.8 Å². The van der Waals surface area contributed by atoms with Crippen molar-refractivity contribution in [1.29, 1.82) is 0 Å². The zero-order chi connectivity index (χ0) is 13.7. The van der Waals surface area contributed by atoms with Crippen LogP contribution in [0.15, 0.2) is 30.3 Å². The Morgan fingerprint density at radius 1 is 1.21 bits per heavy atom. The Bertz CT molecular complexity index is 439. The van der Waals surface area contributed by atoms with Crippen LogP contribution in [0.25, 0.3) is 0 Å². The van der Waals surface area contributed by atoms with Gasteiger partial charge in [0.1, 0.15) is 0 Å². The molecule has 102 valence electrons. The maximum Gasteiger partial charge on any atom is 0.224 e. The molecule has 1 aliphatic heterocycles. The first-order valence-electron chi connectivity index (χ1n) is 6.76. The summed E-state index contributed by atoms with van der Waals surface area (Å²) < 4.78 is 0. The van der Waals surface area contributed by atoms with E-state index in [2.05, 4.69) is 5.32 Å². The molecule has 4 heteroatoms. The summed E-state index contributed by atoms with van der Waals surface area (Å²) in [6.45, 7) is 3.18. The first-order chi connectivity index (χ1) is 9.16. The highest BCUT2D eigenvalue weighted by atomic mass is 16.2. The first-order valence-corrected chi connectivity index (χ1v) is 6.76. The van der Waals surface area contributed by atoms with E-state index in [0.717, 1.165) is 31.5 Å². The van der Waals surface area contributed by atoms with Gasteiger partial charge in [-0.15, -0.1) is 0 Å². The second-order valence-electron chi connectivity index (χ2n) is 4.96. The quantitative estimate of drug-likeness (QED) is 0.898. The standard InChI is InChI=1S/C15H20N2O2/c1-12(18)16-14(13-7-3-2-4-8-13)11-15(19)17-9-5-6-10-17/h2-4,7-8,14H,5-6,9-11H2,1H3,(H,16,18)/t14-/m1/s1. The van der Waals surface area contributed by atoms with Crippen molar-refractivity contribution in [2.75, 3.05) is 13.1 Å². The topological polar surface area (TPSA) is 49.4 Å². The monoisotopic (exact) mass is 260 g/mol. The molecule has 0 saturated carbocycles. The van der Waals surface area contributed by atoms with Crippen molar-refractivity contribution in [1.82, 2.24) is 10.2 Å². The summed E-state index contributed by atoms with van der Waals surface area (Å²) in [4.78, 5) is 25.4. The smallest absolute Gasteiger partial charge is 0.224 e. The van der Waals surface area contributed by atoms with E-state index < -0.39 is 0 Å². The van der Waals surface area contributed by atoms with E-state index >= 15 is 0 Å². The van der Waals surface area contributed by atoms with Gasteiger partial charge < -0.3 is 10.2 Å². The van der Waals surface area contributed by atoms with Crippen LogP contribution < -0.4 is 5.32 Å². The number of carbonyl (C=O) groups is 2. The fourth-order valence-electron chi connectivity index (χ4n) is 2.45. The van der Waals surface area contributed by atoms with Crippen LogP contribution in [0.4, 0.5) is 0 Å². The normalized spacial score (nSPS) is 16.2. The molecule has 1 aliphatic rings. The molecule has 0 unspecified atom stereocenters. The molecule has 19 heavy (non-hydrogen) atoms. The van der Waals surface area contributed by atoms with Gasteiger partial charge in [0.2, 0.25) is 11.8 Å². The van der Waals surface area contributed by atoms with E-state index in [1.165, 1.54) is 6.92 Å². The fourth-order valence-corrected chi connectivity index (χ4v) is 2.45. The number of likely N-dealkylation sites (tertiary alicyclic amines) is 1. The van der Waals surface area contributed by atoms with E-state index in [1.807, 2.05) is 35.2 Å². The summed E-state index contributed by atoms with van der Waals surface area (Å²) >= 11 is 0. The molecule has 1 aromatic carbocycles. The minimum Gasteiger partial charge on any atom is -0.349 e. The molecule has 1 saturated heterocycles. The molecule has 1 atom stereocenters. The van der Waals surface area contributed by atoms with Crippen molar-refractivity contribution in [2.45, 2.75) is 32.2 Å². The highest BCUT2D eigenvalue weighted by Gasteiger charge is 2.23. The highest BCUT2D eigenvalue weighted by Crippen LogP contribution is 2.19. The SMILES string of the molecule is CC(=O)N[C@H](CC(=O)N1CCCC1)c1ccccc1. The van der Waals surface area contributed by atoms with Gasteiger partial charge in [0.15, 0.2) is 0 Å². The van der Waals surface area contributed by atoms with Crippen molar-refractivity contribution in [3.63, 3.8) is 0 Å². The van der Waals surface area contributed by atoms with Crippen LogP contribution in [-0.4, -0.2) is 29.8 Å². The number of amides is 2. The third kappa shape index (κ3) is 3.81. The van der Waals surface area contributed by atoms with Gasteiger partial charge >= 0.3 is 0 Å².